The van der Waals surface area contributed by atoms with E-state index < -0.39 is 0 Å². The number of benzene rings is 1. The van der Waals surface area contributed by atoms with Gasteiger partial charge in [0.05, 0.1) is 17.4 Å². The first-order valence-electron chi connectivity index (χ1n) is 11.4. The van der Waals surface area contributed by atoms with E-state index in [9.17, 15) is 9.59 Å². The highest BCUT2D eigenvalue weighted by Gasteiger charge is 2.24. The number of hydrogen-bond acceptors (Lipinski definition) is 7. The van der Waals surface area contributed by atoms with Crippen molar-refractivity contribution in [3.63, 3.8) is 0 Å². The maximum absolute atomic E-state index is 13.2. The van der Waals surface area contributed by atoms with Crippen LogP contribution in [0.4, 0.5) is 11.5 Å². The van der Waals surface area contributed by atoms with Crippen molar-refractivity contribution in [1.82, 2.24) is 20.1 Å². The molecule has 34 heavy (non-hydrogen) atoms. The van der Waals surface area contributed by atoms with E-state index in [1.807, 2.05) is 35.2 Å². The Hall–Kier alpha value is -4.19. The molecular formula is C25H25N7O2. The van der Waals surface area contributed by atoms with Gasteiger partial charge < -0.3 is 14.7 Å². The van der Waals surface area contributed by atoms with Crippen LogP contribution < -0.4 is 15.4 Å². The number of anilines is 2. The van der Waals surface area contributed by atoms with Crippen molar-refractivity contribution in [3.8, 4) is 6.07 Å². The van der Waals surface area contributed by atoms with Crippen LogP contribution >= 0.6 is 0 Å². The normalized spacial score (nSPS) is 15.6. The first-order valence-corrected chi connectivity index (χ1v) is 11.4. The number of carbonyl (C=O) groups excluding carboxylic acids is 1. The summed E-state index contributed by atoms with van der Waals surface area (Å²) < 4.78 is 0. The second-order valence-corrected chi connectivity index (χ2v) is 8.58. The second-order valence-electron chi connectivity index (χ2n) is 8.58. The number of rotatable bonds is 4. The third-order valence-electron chi connectivity index (χ3n) is 6.45. The fourth-order valence-electron chi connectivity index (χ4n) is 4.64. The summed E-state index contributed by atoms with van der Waals surface area (Å²) in [5, 5.41) is 15.4. The number of H-pyrrole nitrogens is 1. The maximum atomic E-state index is 13.2. The number of pyridine rings is 1. The van der Waals surface area contributed by atoms with Gasteiger partial charge in [0.25, 0.3) is 11.5 Å². The Balaban J connectivity index is 1.24. The Morgan fingerprint density at radius 3 is 2.71 bits per heavy atom. The molecule has 0 aliphatic carbocycles. The number of nitriles is 1. The standard InChI is InChI=1S/C25H25N7O2/c26-14-19-6-7-23(27-15-19)30-9-11-31(12-10-30)25(34)20-4-1-3-18(13-20)17-32-8-2-5-21-22(32)16-28-29-24(21)33/h1,3-4,6-7,13,15-16H,2,5,8-12,17H2,(H,29,33). The third kappa shape index (κ3) is 4.35. The van der Waals surface area contributed by atoms with Crippen molar-refractivity contribution < 1.29 is 4.79 Å². The zero-order chi connectivity index (χ0) is 23.5. The first-order chi connectivity index (χ1) is 16.6. The van der Waals surface area contributed by atoms with Gasteiger partial charge in [-0.3, -0.25) is 9.59 Å². The number of nitrogens with zero attached hydrogens (tertiary/aromatic N) is 6. The van der Waals surface area contributed by atoms with Crippen molar-refractivity contribution >= 4 is 17.4 Å². The highest BCUT2D eigenvalue weighted by Crippen LogP contribution is 2.25. The van der Waals surface area contributed by atoms with Crippen molar-refractivity contribution in [2.45, 2.75) is 19.4 Å². The van der Waals surface area contributed by atoms with Crippen LogP contribution in [0.3, 0.4) is 0 Å². The van der Waals surface area contributed by atoms with Gasteiger partial charge in [-0.1, -0.05) is 12.1 Å². The molecule has 1 fully saturated rings. The minimum atomic E-state index is -0.124. The Kier molecular flexibility index (Phi) is 5.95. The molecule has 9 nitrogen and oxygen atoms in total. The maximum Gasteiger partial charge on any atom is 0.269 e. The summed E-state index contributed by atoms with van der Waals surface area (Å²) in [6, 6.07) is 13.4. The molecule has 4 heterocycles. The van der Waals surface area contributed by atoms with Crippen LogP contribution in [0.15, 0.2) is 53.6 Å². The molecule has 1 amide bonds. The van der Waals surface area contributed by atoms with Gasteiger partial charge in [0.15, 0.2) is 0 Å². The van der Waals surface area contributed by atoms with Crippen LogP contribution in [0.25, 0.3) is 0 Å². The molecule has 2 aliphatic heterocycles. The summed E-state index contributed by atoms with van der Waals surface area (Å²) >= 11 is 0. The molecular weight excluding hydrogens is 430 g/mol. The molecule has 0 atom stereocenters. The van der Waals surface area contributed by atoms with Crippen LogP contribution in [-0.4, -0.2) is 58.7 Å². The van der Waals surface area contributed by atoms with Gasteiger partial charge in [-0.15, -0.1) is 0 Å². The van der Waals surface area contributed by atoms with E-state index in [0.717, 1.165) is 42.0 Å². The fourth-order valence-corrected chi connectivity index (χ4v) is 4.64. The van der Waals surface area contributed by atoms with Crippen LogP contribution in [-0.2, 0) is 13.0 Å². The molecule has 5 rings (SSSR count). The van der Waals surface area contributed by atoms with E-state index in [1.165, 1.54) is 0 Å². The number of piperazine rings is 1. The van der Waals surface area contributed by atoms with Crippen LogP contribution in [0.5, 0.6) is 0 Å². The van der Waals surface area contributed by atoms with E-state index >= 15 is 0 Å². The van der Waals surface area contributed by atoms with E-state index in [4.69, 9.17) is 5.26 Å². The number of hydrogen-bond donors (Lipinski definition) is 1. The zero-order valence-electron chi connectivity index (χ0n) is 18.8. The lowest BCUT2D eigenvalue weighted by Crippen LogP contribution is -2.49. The lowest BCUT2D eigenvalue weighted by atomic mass is 10.0. The van der Waals surface area contributed by atoms with Crippen molar-refractivity contribution in [3.05, 3.63) is 81.4 Å². The van der Waals surface area contributed by atoms with Crippen LogP contribution in [0, 0.1) is 11.3 Å². The Morgan fingerprint density at radius 2 is 1.94 bits per heavy atom. The SMILES string of the molecule is N#Cc1ccc(N2CCN(C(=O)c3cccc(CN4CCCc5c4cn[nH]c5=O)c3)CC2)nc1. The van der Waals surface area contributed by atoms with Gasteiger partial charge in [-0.25, -0.2) is 10.1 Å². The molecule has 1 aromatic carbocycles. The summed E-state index contributed by atoms with van der Waals surface area (Å²) in [4.78, 5) is 35.8. The summed E-state index contributed by atoms with van der Waals surface area (Å²) in [7, 11) is 0. The second kappa shape index (κ2) is 9.35. The molecule has 172 valence electrons. The average molecular weight is 456 g/mol. The largest absolute Gasteiger partial charge is 0.366 e. The van der Waals surface area contributed by atoms with Crippen LogP contribution in [0.1, 0.15) is 33.5 Å². The number of aromatic amines is 1. The molecule has 1 N–H and O–H groups in total. The quantitative estimate of drug-likeness (QED) is 0.640. The van der Waals surface area contributed by atoms with Crippen LogP contribution in [0.2, 0.25) is 0 Å². The first kappa shape index (κ1) is 21.6. The predicted molar refractivity (Wildman–Crippen MR) is 128 cm³/mol. The van der Waals surface area contributed by atoms with Gasteiger partial charge in [0.1, 0.15) is 11.9 Å². The number of fused-ring (bicyclic) bond motifs is 1. The molecule has 2 aliphatic rings. The average Bonchev–Trinajstić information content (AvgIpc) is 2.89. The van der Waals surface area contributed by atoms with Crippen molar-refractivity contribution in [2.24, 2.45) is 0 Å². The van der Waals surface area contributed by atoms with Gasteiger partial charge >= 0.3 is 0 Å². The Bertz CT molecular complexity index is 1290. The number of amides is 1. The summed E-state index contributed by atoms with van der Waals surface area (Å²) in [5.41, 5.74) is 3.76. The molecule has 1 saturated heterocycles. The lowest BCUT2D eigenvalue weighted by molar-refractivity contribution is 0.0746. The molecule has 0 radical (unpaired) electrons. The van der Waals surface area contributed by atoms with E-state index in [0.29, 0.717) is 43.9 Å². The lowest BCUT2D eigenvalue weighted by Gasteiger charge is -2.35. The minimum Gasteiger partial charge on any atom is -0.366 e. The van der Waals surface area contributed by atoms with Gasteiger partial charge in [0.2, 0.25) is 0 Å². The van der Waals surface area contributed by atoms with Crippen molar-refractivity contribution in [2.75, 3.05) is 42.5 Å². The number of carbonyl (C=O) groups is 1. The monoisotopic (exact) mass is 455 g/mol. The van der Waals surface area contributed by atoms with Gasteiger partial charge in [-0.2, -0.15) is 10.4 Å². The topological polar surface area (TPSA) is 109 Å². The molecule has 0 saturated carbocycles. The van der Waals surface area contributed by atoms with E-state index in [2.05, 4.69) is 31.1 Å². The van der Waals surface area contributed by atoms with Crippen molar-refractivity contribution in [1.29, 1.82) is 5.26 Å². The highest BCUT2D eigenvalue weighted by atomic mass is 16.2. The number of nitrogens with one attached hydrogen (secondary N) is 1. The minimum absolute atomic E-state index is 0.0199. The third-order valence-corrected chi connectivity index (χ3v) is 6.45. The molecule has 0 bridgehead atoms. The number of aromatic nitrogens is 3. The molecule has 0 unspecified atom stereocenters. The summed E-state index contributed by atoms with van der Waals surface area (Å²) in [6.45, 7) is 4.07. The molecule has 9 heteroatoms. The Morgan fingerprint density at radius 1 is 1.09 bits per heavy atom. The van der Waals surface area contributed by atoms with E-state index in [-0.39, 0.29) is 11.5 Å². The smallest absolute Gasteiger partial charge is 0.269 e. The zero-order valence-corrected chi connectivity index (χ0v) is 18.8. The molecule has 0 spiro atoms. The summed E-state index contributed by atoms with van der Waals surface area (Å²) in [5.74, 6) is 0.842. The Labute approximate surface area is 197 Å². The van der Waals surface area contributed by atoms with E-state index in [1.54, 1.807) is 18.5 Å². The van der Waals surface area contributed by atoms with Gasteiger partial charge in [0, 0.05) is 56.6 Å². The molecule has 2 aromatic heterocycles. The highest BCUT2D eigenvalue weighted by molar-refractivity contribution is 5.94. The fraction of sp³-hybridized carbons (Fsp3) is 0.320. The molecule has 3 aromatic rings. The predicted octanol–water partition coefficient (Wildman–Crippen LogP) is 1.95. The summed E-state index contributed by atoms with van der Waals surface area (Å²) in [6.07, 6.45) is 4.96. The van der Waals surface area contributed by atoms with Gasteiger partial charge in [-0.05, 0) is 42.7 Å².